The van der Waals surface area contributed by atoms with E-state index in [1.807, 2.05) is 84.4 Å². The summed E-state index contributed by atoms with van der Waals surface area (Å²) in [4.78, 5) is 16.9. The van der Waals surface area contributed by atoms with Crippen LogP contribution in [0.3, 0.4) is 0 Å². The van der Waals surface area contributed by atoms with Gasteiger partial charge in [0.25, 0.3) is 5.91 Å². The molecule has 0 fully saturated rings. The van der Waals surface area contributed by atoms with E-state index in [0.717, 1.165) is 37.9 Å². The summed E-state index contributed by atoms with van der Waals surface area (Å²) >= 11 is 9.81. The zero-order chi connectivity index (χ0) is 25.8. The van der Waals surface area contributed by atoms with Gasteiger partial charge < -0.3 is 4.74 Å². The van der Waals surface area contributed by atoms with Crippen LogP contribution in [0.5, 0.6) is 5.75 Å². The van der Waals surface area contributed by atoms with E-state index in [1.165, 1.54) is 6.21 Å². The molecule has 5 aromatic rings. The van der Waals surface area contributed by atoms with E-state index in [4.69, 9.17) is 16.3 Å². The molecule has 0 atom stereocenters. The highest BCUT2D eigenvalue weighted by Gasteiger charge is 2.15. The average molecular weight is 575 g/mol. The summed E-state index contributed by atoms with van der Waals surface area (Å²) < 4.78 is 8.58. The Bertz CT molecular complexity index is 1620. The number of hydrazone groups is 1. The number of halogens is 2. The Morgan fingerprint density at radius 1 is 1.11 bits per heavy atom. The SMILES string of the molecule is Cc1ccc2nc(Cl)c(/C=N/NC(=O)COc3ccc(Br)cc3-c3ccnn3-c3ccccc3)cc2c1. The fraction of sp³-hybridized carbons (Fsp3) is 0.0714. The minimum absolute atomic E-state index is 0.228. The Kier molecular flexibility index (Phi) is 7.30. The van der Waals surface area contributed by atoms with Crippen molar-refractivity contribution in [1.82, 2.24) is 20.2 Å². The van der Waals surface area contributed by atoms with E-state index >= 15 is 0 Å². The number of hydrogen-bond donors (Lipinski definition) is 1. The Labute approximate surface area is 226 Å². The highest BCUT2D eigenvalue weighted by molar-refractivity contribution is 9.10. The second kappa shape index (κ2) is 10.9. The lowest BCUT2D eigenvalue weighted by atomic mass is 10.1. The van der Waals surface area contributed by atoms with Crippen LogP contribution in [0.15, 0.2) is 94.6 Å². The molecule has 0 unspecified atom stereocenters. The first-order valence-electron chi connectivity index (χ1n) is 11.4. The first-order valence-corrected chi connectivity index (χ1v) is 12.6. The number of nitrogens with one attached hydrogen (secondary N) is 1. The fourth-order valence-electron chi connectivity index (χ4n) is 3.84. The van der Waals surface area contributed by atoms with Crippen LogP contribution in [0.25, 0.3) is 27.8 Å². The number of nitrogens with zero attached hydrogens (tertiary/aromatic N) is 4. The number of carbonyl (C=O) groups is 1. The Balaban J connectivity index is 1.29. The molecule has 0 aliphatic carbocycles. The van der Waals surface area contributed by atoms with E-state index in [-0.39, 0.29) is 6.61 Å². The lowest BCUT2D eigenvalue weighted by Crippen LogP contribution is -2.24. The number of rotatable bonds is 7. The van der Waals surface area contributed by atoms with Gasteiger partial charge in [-0.15, -0.1) is 0 Å². The molecule has 0 aliphatic rings. The fourth-order valence-corrected chi connectivity index (χ4v) is 4.39. The van der Waals surface area contributed by atoms with Crippen LogP contribution in [0.4, 0.5) is 0 Å². The van der Waals surface area contributed by atoms with Crippen LogP contribution >= 0.6 is 27.5 Å². The van der Waals surface area contributed by atoms with Gasteiger partial charge in [-0.2, -0.15) is 10.2 Å². The summed E-state index contributed by atoms with van der Waals surface area (Å²) in [6.45, 7) is 1.78. The summed E-state index contributed by atoms with van der Waals surface area (Å²) in [7, 11) is 0. The monoisotopic (exact) mass is 573 g/mol. The van der Waals surface area contributed by atoms with Crippen molar-refractivity contribution < 1.29 is 9.53 Å². The second-order valence-corrected chi connectivity index (χ2v) is 9.52. The van der Waals surface area contributed by atoms with Crippen molar-refractivity contribution in [3.05, 3.63) is 106 Å². The lowest BCUT2D eigenvalue weighted by molar-refractivity contribution is -0.123. The van der Waals surface area contributed by atoms with E-state index in [9.17, 15) is 4.79 Å². The molecule has 1 amide bonds. The van der Waals surface area contributed by atoms with E-state index in [0.29, 0.717) is 16.5 Å². The Morgan fingerprint density at radius 2 is 1.95 bits per heavy atom. The molecule has 184 valence electrons. The van der Waals surface area contributed by atoms with Gasteiger partial charge in [-0.1, -0.05) is 57.4 Å². The minimum Gasteiger partial charge on any atom is -0.483 e. The largest absolute Gasteiger partial charge is 0.483 e. The minimum atomic E-state index is -0.414. The number of benzene rings is 3. The van der Waals surface area contributed by atoms with Gasteiger partial charge in [0, 0.05) is 21.0 Å². The maximum absolute atomic E-state index is 12.5. The summed E-state index contributed by atoms with van der Waals surface area (Å²) in [6.07, 6.45) is 3.20. The zero-order valence-electron chi connectivity index (χ0n) is 19.7. The predicted octanol–water partition coefficient (Wildman–Crippen LogP) is 6.34. The number of hydrogen-bond acceptors (Lipinski definition) is 5. The van der Waals surface area contributed by atoms with Gasteiger partial charge in [0.05, 0.1) is 29.3 Å². The number of amides is 1. The molecule has 0 radical (unpaired) electrons. The molecule has 2 aromatic heterocycles. The van der Waals surface area contributed by atoms with Crippen molar-refractivity contribution in [2.24, 2.45) is 5.10 Å². The quantitative estimate of drug-likeness (QED) is 0.140. The molecule has 0 saturated carbocycles. The van der Waals surface area contributed by atoms with Gasteiger partial charge >= 0.3 is 0 Å². The van der Waals surface area contributed by atoms with Gasteiger partial charge in [-0.05, 0) is 61.5 Å². The molecule has 9 heteroatoms. The summed E-state index contributed by atoms with van der Waals surface area (Å²) in [6, 6.07) is 25.1. The summed E-state index contributed by atoms with van der Waals surface area (Å²) in [5.41, 5.74) is 7.53. The van der Waals surface area contributed by atoms with Crippen LogP contribution in [0.2, 0.25) is 5.15 Å². The van der Waals surface area contributed by atoms with Crippen molar-refractivity contribution in [3.8, 4) is 22.7 Å². The standard InChI is InChI=1S/C28H21BrClN5O2/c1-18-7-9-24-19(13-18)14-20(28(30)33-24)16-31-34-27(36)17-37-26-10-8-21(29)15-23(26)25-11-12-32-35(25)22-5-3-2-4-6-22/h2-16H,17H2,1H3,(H,34,36)/b31-16+. The first-order chi connectivity index (χ1) is 18.0. The third kappa shape index (κ3) is 5.71. The van der Waals surface area contributed by atoms with Gasteiger partial charge in [0.15, 0.2) is 6.61 Å². The van der Waals surface area contributed by atoms with Gasteiger partial charge in [0.2, 0.25) is 0 Å². The van der Waals surface area contributed by atoms with Crippen molar-refractivity contribution in [1.29, 1.82) is 0 Å². The molecule has 1 N–H and O–H groups in total. The molecule has 5 rings (SSSR count). The van der Waals surface area contributed by atoms with Crippen molar-refractivity contribution in [2.75, 3.05) is 6.61 Å². The predicted molar refractivity (Wildman–Crippen MR) is 149 cm³/mol. The van der Waals surface area contributed by atoms with Crippen molar-refractivity contribution in [3.63, 3.8) is 0 Å². The number of aryl methyl sites for hydroxylation is 1. The molecule has 0 spiro atoms. The molecule has 37 heavy (non-hydrogen) atoms. The normalized spacial score (nSPS) is 11.2. The van der Waals surface area contributed by atoms with Crippen LogP contribution in [0.1, 0.15) is 11.1 Å². The topological polar surface area (TPSA) is 81.4 Å². The zero-order valence-corrected chi connectivity index (χ0v) is 22.1. The number of fused-ring (bicyclic) bond motifs is 1. The Hall–Kier alpha value is -4.01. The maximum atomic E-state index is 12.5. The molecular weight excluding hydrogens is 554 g/mol. The average Bonchev–Trinajstić information content (AvgIpc) is 3.39. The highest BCUT2D eigenvalue weighted by Crippen LogP contribution is 2.34. The van der Waals surface area contributed by atoms with Crippen molar-refractivity contribution >= 4 is 50.6 Å². The van der Waals surface area contributed by atoms with Gasteiger partial charge in [0.1, 0.15) is 10.9 Å². The summed E-state index contributed by atoms with van der Waals surface area (Å²) in [5.74, 6) is 0.125. The van der Waals surface area contributed by atoms with Crippen LogP contribution in [0, 0.1) is 6.92 Å². The number of ether oxygens (including phenoxy) is 1. The van der Waals surface area contributed by atoms with E-state index in [1.54, 1.807) is 12.3 Å². The molecule has 3 aromatic carbocycles. The smallest absolute Gasteiger partial charge is 0.277 e. The summed E-state index contributed by atoms with van der Waals surface area (Å²) in [5, 5.41) is 9.74. The molecule has 2 heterocycles. The van der Waals surface area contributed by atoms with E-state index in [2.05, 4.69) is 36.5 Å². The number of carbonyl (C=O) groups excluding carboxylic acids is 1. The molecular formula is C28H21BrClN5O2. The van der Waals surface area contributed by atoms with E-state index < -0.39 is 5.91 Å². The Morgan fingerprint density at radius 3 is 2.78 bits per heavy atom. The maximum Gasteiger partial charge on any atom is 0.277 e. The third-order valence-corrected chi connectivity index (χ3v) is 6.36. The van der Waals surface area contributed by atoms with Crippen LogP contribution in [-0.2, 0) is 4.79 Å². The first kappa shape index (κ1) is 24.7. The van der Waals surface area contributed by atoms with Gasteiger partial charge in [-0.3, -0.25) is 4.79 Å². The lowest BCUT2D eigenvalue weighted by Gasteiger charge is -2.13. The molecule has 0 aliphatic heterocycles. The molecule has 0 bridgehead atoms. The number of aromatic nitrogens is 3. The number of para-hydroxylation sites is 1. The van der Waals surface area contributed by atoms with Crippen LogP contribution < -0.4 is 10.2 Å². The highest BCUT2D eigenvalue weighted by atomic mass is 79.9. The van der Waals surface area contributed by atoms with Crippen LogP contribution in [-0.4, -0.2) is 33.5 Å². The van der Waals surface area contributed by atoms with Gasteiger partial charge in [-0.25, -0.2) is 15.1 Å². The molecule has 0 saturated heterocycles. The molecule has 7 nitrogen and oxygen atoms in total. The third-order valence-electron chi connectivity index (χ3n) is 5.56. The second-order valence-electron chi connectivity index (χ2n) is 8.25. The van der Waals surface area contributed by atoms with Crippen molar-refractivity contribution in [2.45, 2.75) is 6.92 Å². The number of pyridine rings is 1.